The number of imidazole rings is 2. The second kappa shape index (κ2) is 14.6. The number of aromatic nitrogens is 4. The van der Waals surface area contributed by atoms with Crippen LogP contribution in [0.1, 0.15) is 80.1 Å². The monoisotopic (exact) mass is 493 g/mol. The Morgan fingerprint density at radius 1 is 0.889 bits per heavy atom. The summed E-state index contributed by atoms with van der Waals surface area (Å²) in [6.45, 7) is 12.4. The number of nitrogens with zero attached hydrogens (tertiary/aromatic N) is 5. The Morgan fingerprint density at radius 3 is 2.17 bits per heavy atom. The van der Waals surface area contributed by atoms with Crippen molar-refractivity contribution < 1.29 is 4.79 Å². The number of carbonyl (C=O) groups excluding carboxylic acids is 1. The zero-order chi connectivity index (χ0) is 25.8. The van der Waals surface area contributed by atoms with Crippen LogP contribution in [0.15, 0.2) is 49.1 Å². The summed E-state index contributed by atoms with van der Waals surface area (Å²) in [4.78, 5) is 35.1. The second-order valence-electron chi connectivity index (χ2n) is 9.60. The van der Waals surface area contributed by atoms with Gasteiger partial charge in [-0.2, -0.15) is 0 Å². The van der Waals surface area contributed by atoms with Gasteiger partial charge in [0, 0.05) is 36.9 Å². The van der Waals surface area contributed by atoms with E-state index in [9.17, 15) is 4.79 Å². The average molecular weight is 494 g/mol. The number of unbranched alkanes of at least 4 members (excludes halogenated alkanes) is 1. The van der Waals surface area contributed by atoms with Gasteiger partial charge in [0.25, 0.3) is 5.91 Å². The Morgan fingerprint density at radius 2 is 1.56 bits per heavy atom. The van der Waals surface area contributed by atoms with Crippen LogP contribution >= 0.6 is 0 Å². The van der Waals surface area contributed by atoms with Crippen molar-refractivity contribution >= 4 is 5.91 Å². The first-order valence-electron chi connectivity index (χ1n) is 13.3. The largest absolute Gasteiger partial charge is 0.347 e. The van der Waals surface area contributed by atoms with E-state index in [0.717, 1.165) is 24.7 Å². The van der Waals surface area contributed by atoms with E-state index in [2.05, 4.69) is 62.8 Å². The van der Waals surface area contributed by atoms with Crippen molar-refractivity contribution in [2.45, 2.75) is 65.6 Å². The summed E-state index contributed by atoms with van der Waals surface area (Å²) in [5, 5.41) is 0. The molecular weight excluding hydrogens is 450 g/mol. The van der Waals surface area contributed by atoms with Crippen LogP contribution in [-0.2, 0) is 13.1 Å². The summed E-state index contributed by atoms with van der Waals surface area (Å²) in [7, 11) is 2.17. The van der Waals surface area contributed by atoms with E-state index in [1.54, 1.807) is 29.7 Å². The Balaban J connectivity index is 1.54. The first kappa shape index (κ1) is 27.6. The molecule has 0 aliphatic carbocycles. The van der Waals surface area contributed by atoms with E-state index in [1.165, 1.54) is 50.9 Å². The van der Waals surface area contributed by atoms with Crippen LogP contribution in [0.3, 0.4) is 0 Å². The molecule has 8 heteroatoms. The molecule has 0 aliphatic rings. The van der Waals surface area contributed by atoms with E-state index >= 15 is 0 Å². The number of benzene rings is 1. The van der Waals surface area contributed by atoms with Gasteiger partial charge in [-0.15, -0.1) is 0 Å². The Bertz CT molecular complexity index is 980. The summed E-state index contributed by atoms with van der Waals surface area (Å²) in [6.07, 6.45) is 11.8. The molecule has 0 spiro atoms. The van der Waals surface area contributed by atoms with Crippen LogP contribution < -0.4 is 0 Å². The highest BCUT2D eigenvalue weighted by Gasteiger charge is 2.25. The molecular formula is C28H43N7O. The first-order chi connectivity index (χ1) is 17.5. The van der Waals surface area contributed by atoms with Gasteiger partial charge in [0.2, 0.25) is 0 Å². The number of aromatic amines is 2. The number of rotatable bonds is 16. The second-order valence-corrected chi connectivity index (χ2v) is 9.60. The molecule has 196 valence electrons. The van der Waals surface area contributed by atoms with Crippen LogP contribution in [0, 0.1) is 0 Å². The third kappa shape index (κ3) is 8.31. The fourth-order valence-corrected chi connectivity index (χ4v) is 4.58. The SMILES string of the molecule is CCCN(CCC)CCCCN(C)Cc1ccc(C(=O)N(Cc2ncc[nH]2)C(C)c2ncc[nH]2)cc1. The summed E-state index contributed by atoms with van der Waals surface area (Å²) in [5.41, 5.74) is 1.88. The highest BCUT2D eigenvalue weighted by molar-refractivity contribution is 5.94. The Labute approximate surface area is 216 Å². The highest BCUT2D eigenvalue weighted by atomic mass is 16.2. The summed E-state index contributed by atoms with van der Waals surface area (Å²) in [5.74, 6) is 1.45. The van der Waals surface area contributed by atoms with Gasteiger partial charge >= 0.3 is 0 Å². The van der Waals surface area contributed by atoms with Gasteiger partial charge in [-0.25, -0.2) is 9.97 Å². The fourth-order valence-electron chi connectivity index (χ4n) is 4.58. The molecule has 0 aliphatic heterocycles. The van der Waals surface area contributed by atoms with Gasteiger partial charge < -0.3 is 24.7 Å². The number of nitrogens with one attached hydrogen (secondary N) is 2. The van der Waals surface area contributed by atoms with E-state index in [1.807, 2.05) is 19.1 Å². The lowest BCUT2D eigenvalue weighted by atomic mass is 10.1. The van der Waals surface area contributed by atoms with Crippen molar-refractivity contribution in [3.05, 3.63) is 71.8 Å². The molecule has 0 bridgehead atoms. The van der Waals surface area contributed by atoms with Crippen LogP contribution in [-0.4, -0.2) is 73.8 Å². The molecule has 2 heterocycles. The van der Waals surface area contributed by atoms with Crippen molar-refractivity contribution in [3.63, 3.8) is 0 Å². The summed E-state index contributed by atoms with van der Waals surface area (Å²) in [6, 6.07) is 7.79. The molecule has 2 aromatic heterocycles. The zero-order valence-electron chi connectivity index (χ0n) is 22.4. The highest BCUT2D eigenvalue weighted by Crippen LogP contribution is 2.22. The number of amides is 1. The third-order valence-electron chi connectivity index (χ3n) is 6.52. The van der Waals surface area contributed by atoms with Crippen LogP contribution in [0.2, 0.25) is 0 Å². The quantitative estimate of drug-likeness (QED) is 0.278. The fraction of sp³-hybridized carbons (Fsp3) is 0.536. The van der Waals surface area contributed by atoms with Gasteiger partial charge in [0.1, 0.15) is 11.6 Å². The maximum absolute atomic E-state index is 13.5. The third-order valence-corrected chi connectivity index (χ3v) is 6.52. The lowest BCUT2D eigenvalue weighted by Gasteiger charge is -2.27. The molecule has 1 aromatic carbocycles. The Hall–Kier alpha value is -2.97. The lowest BCUT2D eigenvalue weighted by Crippen LogP contribution is -2.34. The Kier molecular flexibility index (Phi) is 11.2. The molecule has 0 fully saturated rings. The first-order valence-corrected chi connectivity index (χ1v) is 13.3. The molecule has 36 heavy (non-hydrogen) atoms. The average Bonchev–Trinajstić information content (AvgIpc) is 3.60. The molecule has 1 atom stereocenters. The van der Waals surface area contributed by atoms with Gasteiger partial charge in [-0.3, -0.25) is 4.79 Å². The van der Waals surface area contributed by atoms with Gasteiger partial charge in [-0.1, -0.05) is 26.0 Å². The van der Waals surface area contributed by atoms with E-state index in [-0.39, 0.29) is 11.9 Å². The van der Waals surface area contributed by atoms with Crippen LogP contribution in [0.25, 0.3) is 0 Å². The van der Waals surface area contributed by atoms with Gasteiger partial charge in [0.15, 0.2) is 0 Å². The predicted molar refractivity (Wildman–Crippen MR) is 144 cm³/mol. The molecule has 3 rings (SSSR count). The topological polar surface area (TPSA) is 84.2 Å². The van der Waals surface area contributed by atoms with Crippen molar-refractivity contribution in [2.24, 2.45) is 0 Å². The van der Waals surface area contributed by atoms with Crippen molar-refractivity contribution in [3.8, 4) is 0 Å². The van der Waals surface area contributed by atoms with E-state index in [4.69, 9.17) is 0 Å². The minimum absolute atomic E-state index is 0.0427. The minimum atomic E-state index is -0.214. The zero-order valence-corrected chi connectivity index (χ0v) is 22.4. The smallest absolute Gasteiger partial charge is 0.254 e. The van der Waals surface area contributed by atoms with Crippen LogP contribution in [0.4, 0.5) is 0 Å². The number of hydrogen-bond donors (Lipinski definition) is 2. The molecule has 2 N–H and O–H groups in total. The molecule has 1 unspecified atom stereocenters. The number of hydrogen-bond acceptors (Lipinski definition) is 5. The van der Waals surface area contributed by atoms with Crippen molar-refractivity contribution in [2.75, 3.05) is 33.2 Å². The van der Waals surface area contributed by atoms with E-state index < -0.39 is 0 Å². The maximum atomic E-state index is 13.5. The molecule has 1 amide bonds. The molecule has 8 nitrogen and oxygen atoms in total. The van der Waals surface area contributed by atoms with Crippen molar-refractivity contribution in [1.82, 2.24) is 34.6 Å². The minimum Gasteiger partial charge on any atom is -0.347 e. The lowest BCUT2D eigenvalue weighted by molar-refractivity contribution is 0.0661. The normalized spacial score (nSPS) is 12.4. The molecule has 0 saturated heterocycles. The van der Waals surface area contributed by atoms with E-state index in [0.29, 0.717) is 12.1 Å². The number of H-pyrrole nitrogens is 2. The van der Waals surface area contributed by atoms with Crippen molar-refractivity contribution in [1.29, 1.82) is 0 Å². The molecule has 3 aromatic rings. The standard InChI is InChI=1S/C28H43N7O/c1-5-17-34(18-6-2)20-8-7-19-33(4)21-24-9-11-25(12-10-24)28(36)35(22-26-29-13-14-30-26)23(3)27-31-15-16-32-27/h9-16,23H,5-8,17-22H2,1-4H3,(H,29,30)(H,31,32). The summed E-state index contributed by atoms with van der Waals surface area (Å²) < 4.78 is 0. The van der Waals surface area contributed by atoms with Gasteiger partial charge in [-0.05, 0) is 83.5 Å². The predicted octanol–water partition coefficient (Wildman–Crippen LogP) is 4.87. The summed E-state index contributed by atoms with van der Waals surface area (Å²) >= 11 is 0. The maximum Gasteiger partial charge on any atom is 0.254 e. The molecule has 0 saturated carbocycles. The number of carbonyl (C=O) groups is 1. The molecule has 0 radical (unpaired) electrons. The van der Waals surface area contributed by atoms with Crippen LogP contribution in [0.5, 0.6) is 0 Å². The van der Waals surface area contributed by atoms with Gasteiger partial charge in [0.05, 0.1) is 12.6 Å².